The number of aliphatic hydroxyl groups excluding tert-OH is 1. The number of aliphatic hydroxyl groups is 1. The number of halogens is 1. The van der Waals surface area contributed by atoms with Crippen molar-refractivity contribution >= 4 is 28.8 Å². The van der Waals surface area contributed by atoms with E-state index in [0.29, 0.717) is 27.9 Å². The molecule has 7 heteroatoms. The Labute approximate surface area is 173 Å². The lowest BCUT2D eigenvalue weighted by atomic mass is 10.2. The molecule has 2 aromatic carbocycles. The molecular weight excluding hydrogens is 396 g/mol. The monoisotopic (exact) mass is 416 g/mol. The third-order valence-corrected chi connectivity index (χ3v) is 5.46. The molecule has 0 saturated heterocycles. The fourth-order valence-electron chi connectivity index (χ4n) is 2.71. The van der Waals surface area contributed by atoms with Crippen molar-refractivity contribution in [2.45, 2.75) is 20.1 Å². The first-order valence-corrected chi connectivity index (χ1v) is 10.0. The number of hydrogen-bond donors (Lipinski definition) is 1. The van der Waals surface area contributed by atoms with Crippen LogP contribution in [0.15, 0.2) is 54.6 Å². The molecule has 146 valence electrons. The SMILES string of the molecule is Cc1nc(COc2ccc(Cl)cc2)sc1C(=O)N(CCO)Cc1ccccc1. The van der Waals surface area contributed by atoms with Crippen molar-refractivity contribution in [1.29, 1.82) is 0 Å². The van der Waals surface area contributed by atoms with Crippen molar-refractivity contribution in [2.24, 2.45) is 0 Å². The summed E-state index contributed by atoms with van der Waals surface area (Å²) in [6.07, 6.45) is 0. The third-order valence-electron chi connectivity index (χ3n) is 4.08. The maximum Gasteiger partial charge on any atom is 0.266 e. The Morgan fingerprint density at radius 3 is 2.57 bits per heavy atom. The van der Waals surface area contributed by atoms with Crippen LogP contribution in [0.2, 0.25) is 5.02 Å². The summed E-state index contributed by atoms with van der Waals surface area (Å²) in [6, 6.07) is 16.8. The second-order valence-electron chi connectivity index (χ2n) is 6.20. The number of carbonyl (C=O) groups excluding carboxylic acids is 1. The molecule has 0 aliphatic heterocycles. The van der Waals surface area contributed by atoms with E-state index in [4.69, 9.17) is 16.3 Å². The molecule has 0 spiro atoms. The number of rotatable bonds is 8. The normalized spacial score (nSPS) is 10.7. The number of aryl methyl sites for hydroxylation is 1. The van der Waals surface area contributed by atoms with Gasteiger partial charge >= 0.3 is 0 Å². The van der Waals surface area contributed by atoms with Gasteiger partial charge in [0.1, 0.15) is 22.2 Å². The van der Waals surface area contributed by atoms with Gasteiger partial charge in [0.05, 0.1) is 12.3 Å². The van der Waals surface area contributed by atoms with Crippen LogP contribution in [0.3, 0.4) is 0 Å². The smallest absolute Gasteiger partial charge is 0.266 e. The second kappa shape index (κ2) is 9.68. The molecule has 0 saturated carbocycles. The first kappa shape index (κ1) is 20.3. The molecule has 1 amide bonds. The van der Waals surface area contributed by atoms with Gasteiger partial charge in [0.15, 0.2) is 0 Å². The number of thiazole rings is 1. The van der Waals surface area contributed by atoms with Gasteiger partial charge in [-0.05, 0) is 36.8 Å². The zero-order valence-corrected chi connectivity index (χ0v) is 17.0. The summed E-state index contributed by atoms with van der Waals surface area (Å²) in [4.78, 5) is 19.7. The van der Waals surface area contributed by atoms with Crippen molar-refractivity contribution in [3.63, 3.8) is 0 Å². The minimum Gasteiger partial charge on any atom is -0.486 e. The molecule has 0 radical (unpaired) electrons. The van der Waals surface area contributed by atoms with Crippen LogP contribution < -0.4 is 4.74 Å². The highest BCUT2D eigenvalue weighted by molar-refractivity contribution is 7.13. The van der Waals surface area contributed by atoms with Crippen LogP contribution in [0.25, 0.3) is 0 Å². The number of nitrogens with zero attached hydrogens (tertiary/aromatic N) is 2. The maximum atomic E-state index is 13.0. The average Bonchev–Trinajstić information content (AvgIpc) is 3.08. The summed E-state index contributed by atoms with van der Waals surface area (Å²) in [5, 5.41) is 10.7. The number of aromatic nitrogens is 1. The van der Waals surface area contributed by atoms with Crippen LogP contribution in [0.4, 0.5) is 0 Å². The van der Waals surface area contributed by atoms with Crippen LogP contribution in [0.1, 0.15) is 25.9 Å². The highest BCUT2D eigenvalue weighted by Crippen LogP contribution is 2.23. The molecule has 0 fully saturated rings. The lowest BCUT2D eigenvalue weighted by Gasteiger charge is -2.21. The van der Waals surface area contributed by atoms with Gasteiger partial charge in [-0.2, -0.15) is 0 Å². The highest BCUT2D eigenvalue weighted by Gasteiger charge is 2.21. The third kappa shape index (κ3) is 5.32. The molecule has 5 nitrogen and oxygen atoms in total. The Balaban J connectivity index is 1.70. The standard InChI is InChI=1S/C21H21ClN2O3S/c1-15-20(21(26)24(11-12-25)13-16-5-3-2-4-6-16)28-19(23-15)14-27-18-9-7-17(22)8-10-18/h2-10,25H,11-14H2,1H3. The minimum absolute atomic E-state index is 0.0943. The Morgan fingerprint density at radius 2 is 1.89 bits per heavy atom. The predicted octanol–water partition coefficient (Wildman–Crippen LogP) is 4.32. The summed E-state index contributed by atoms with van der Waals surface area (Å²) in [5.74, 6) is 0.557. The molecule has 1 N–H and O–H groups in total. The molecular formula is C21H21ClN2O3S. The van der Waals surface area contributed by atoms with Gasteiger partial charge < -0.3 is 14.7 Å². The van der Waals surface area contributed by atoms with E-state index in [1.165, 1.54) is 11.3 Å². The summed E-state index contributed by atoms with van der Waals surface area (Å²) in [5.41, 5.74) is 1.68. The summed E-state index contributed by atoms with van der Waals surface area (Å²) >= 11 is 7.20. The van der Waals surface area contributed by atoms with E-state index < -0.39 is 0 Å². The quantitative estimate of drug-likeness (QED) is 0.594. The van der Waals surface area contributed by atoms with Gasteiger partial charge in [-0.1, -0.05) is 41.9 Å². The van der Waals surface area contributed by atoms with E-state index in [0.717, 1.165) is 10.6 Å². The lowest BCUT2D eigenvalue weighted by molar-refractivity contribution is 0.0711. The van der Waals surface area contributed by atoms with Crippen molar-refractivity contribution in [2.75, 3.05) is 13.2 Å². The molecule has 1 heterocycles. The molecule has 0 aliphatic rings. The second-order valence-corrected chi connectivity index (χ2v) is 7.72. The molecule has 3 rings (SSSR count). The van der Waals surface area contributed by atoms with E-state index in [1.807, 2.05) is 37.3 Å². The van der Waals surface area contributed by atoms with Crippen LogP contribution >= 0.6 is 22.9 Å². The van der Waals surface area contributed by atoms with Gasteiger partial charge in [-0.25, -0.2) is 4.98 Å². The molecule has 0 unspecified atom stereocenters. The average molecular weight is 417 g/mol. The van der Waals surface area contributed by atoms with Crippen molar-refractivity contribution in [3.8, 4) is 5.75 Å². The first-order valence-electron chi connectivity index (χ1n) is 8.85. The van der Waals surface area contributed by atoms with Crippen LogP contribution in [-0.4, -0.2) is 34.0 Å². The van der Waals surface area contributed by atoms with E-state index in [1.54, 1.807) is 29.2 Å². The summed E-state index contributed by atoms with van der Waals surface area (Å²) < 4.78 is 5.72. The van der Waals surface area contributed by atoms with Gasteiger partial charge in [0.25, 0.3) is 5.91 Å². The molecule has 0 aliphatic carbocycles. The molecule has 3 aromatic rings. The van der Waals surface area contributed by atoms with E-state index in [9.17, 15) is 9.90 Å². The van der Waals surface area contributed by atoms with Crippen LogP contribution in [0, 0.1) is 6.92 Å². The fraction of sp³-hybridized carbons (Fsp3) is 0.238. The number of hydrogen-bond acceptors (Lipinski definition) is 5. The Morgan fingerprint density at radius 1 is 1.18 bits per heavy atom. The van der Waals surface area contributed by atoms with E-state index >= 15 is 0 Å². The van der Waals surface area contributed by atoms with E-state index in [2.05, 4.69) is 4.98 Å². The molecule has 28 heavy (non-hydrogen) atoms. The highest BCUT2D eigenvalue weighted by atomic mass is 35.5. The number of amides is 1. The van der Waals surface area contributed by atoms with Crippen molar-refractivity contribution in [1.82, 2.24) is 9.88 Å². The molecule has 1 aromatic heterocycles. The zero-order chi connectivity index (χ0) is 19.9. The van der Waals surface area contributed by atoms with Gasteiger partial charge in [0.2, 0.25) is 0 Å². The number of ether oxygens (including phenoxy) is 1. The summed E-state index contributed by atoms with van der Waals surface area (Å²) in [6.45, 7) is 2.70. The topological polar surface area (TPSA) is 62.7 Å². The largest absolute Gasteiger partial charge is 0.486 e. The van der Waals surface area contributed by atoms with Gasteiger partial charge in [-0.15, -0.1) is 11.3 Å². The van der Waals surface area contributed by atoms with Gasteiger partial charge in [0, 0.05) is 18.1 Å². The Hall–Kier alpha value is -2.41. The van der Waals surface area contributed by atoms with Crippen LogP contribution in [-0.2, 0) is 13.2 Å². The summed E-state index contributed by atoms with van der Waals surface area (Å²) in [7, 11) is 0. The number of carbonyl (C=O) groups is 1. The number of benzene rings is 2. The zero-order valence-electron chi connectivity index (χ0n) is 15.5. The van der Waals surface area contributed by atoms with Crippen LogP contribution in [0.5, 0.6) is 5.75 Å². The molecule has 0 atom stereocenters. The Kier molecular flexibility index (Phi) is 7.03. The Bertz CT molecular complexity index is 913. The first-order chi connectivity index (χ1) is 13.6. The van der Waals surface area contributed by atoms with Crippen molar-refractivity contribution in [3.05, 3.63) is 80.8 Å². The molecule has 0 bridgehead atoms. The van der Waals surface area contributed by atoms with Crippen molar-refractivity contribution < 1.29 is 14.6 Å². The lowest BCUT2D eigenvalue weighted by Crippen LogP contribution is -2.33. The minimum atomic E-state index is -0.134. The fourth-order valence-corrected chi connectivity index (χ4v) is 3.78. The maximum absolute atomic E-state index is 13.0. The van der Waals surface area contributed by atoms with Gasteiger partial charge in [-0.3, -0.25) is 4.79 Å². The van der Waals surface area contributed by atoms with E-state index in [-0.39, 0.29) is 25.7 Å². The predicted molar refractivity (Wildman–Crippen MR) is 111 cm³/mol.